The fraction of sp³-hybridized carbons (Fsp3) is 1.00. The van der Waals surface area contributed by atoms with Crippen LogP contribution in [0, 0.1) is 17.8 Å². The molecule has 0 aromatic rings. The molecule has 7 heteroatoms. The first-order valence-corrected chi connectivity index (χ1v) is 22.3. The zero-order valence-electron chi connectivity index (χ0n) is 23.6. The lowest BCUT2D eigenvalue weighted by atomic mass is 10.0. The Bertz CT molecular complexity index is 478. The van der Waals surface area contributed by atoms with Crippen LogP contribution in [0.1, 0.15) is 73.1 Å². The van der Waals surface area contributed by atoms with Crippen LogP contribution in [0.3, 0.4) is 0 Å². The smallest absolute Gasteiger partial charge is 0.314 e. The fourth-order valence-electron chi connectivity index (χ4n) is 5.39. The number of hydrogen-bond acceptors (Lipinski definition) is 4. The van der Waals surface area contributed by atoms with Crippen LogP contribution in [0.25, 0.3) is 0 Å². The third-order valence-electron chi connectivity index (χ3n) is 6.23. The molecular weight excluding hydrogens is 445 g/mol. The van der Waals surface area contributed by atoms with E-state index < -0.39 is 25.2 Å². The predicted molar refractivity (Wildman–Crippen MR) is 152 cm³/mol. The monoisotopic (exact) mass is 504 g/mol. The molecule has 0 bridgehead atoms. The first-order chi connectivity index (χ1) is 14.7. The SMILES string of the molecule is CCCC(C)C[Si](C)(C)O[Si](C)(CCCNCCN)O[Si](C)(C)CC(C)CCCC(C)C. The first kappa shape index (κ1) is 32.5. The molecule has 0 saturated carbocycles. The van der Waals surface area contributed by atoms with Crippen molar-refractivity contribution in [3.05, 3.63) is 0 Å². The van der Waals surface area contributed by atoms with Gasteiger partial charge in [0, 0.05) is 13.1 Å². The molecule has 0 aromatic carbocycles. The van der Waals surface area contributed by atoms with E-state index in [1.54, 1.807) is 0 Å². The second-order valence-electron chi connectivity index (χ2n) is 12.2. The third-order valence-corrected chi connectivity index (χ3v) is 18.7. The standard InChI is InChI=1S/C25H60N2O2Si3/c1-11-14-24(4)21-30(6,7)28-32(10,20-13-18-27-19-17-26)29-31(8,9)22-25(5)16-12-15-23(2)3/h23-25,27H,11-22,26H2,1-10H3. The van der Waals surface area contributed by atoms with E-state index in [4.69, 9.17) is 14.0 Å². The first-order valence-electron chi connectivity index (χ1n) is 13.6. The summed E-state index contributed by atoms with van der Waals surface area (Å²) in [4.78, 5) is 0. The highest BCUT2D eigenvalue weighted by Crippen LogP contribution is 2.32. The maximum atomic E-state index is 7.15. The van der Waals surface area contributed by atoms with Crippen molar-refractivity contribution in [1.29, 1.82) is 0 Å². The number of rotatable bonds is 20. The molecule has 3 N–H and O–H groups in total. The summed E-state index contributed by atoms with van der Waals surface area (Å²) in [6, 6.07) is 3.57. The van der Waals surface area contributed by atoms with Crippen LogP contribution >= 0.6 is 0 Å². The van der Waals surface area contributed by atoms with Gasteiger partial charge in [0.1, 0.15) is 0 Å². The van der Waals surface area contributed by atoms with Crippen molar-refractivity contribution in [1.82, 2.24) is 5.32 Å². The van der Waals surface area contributed by atoms with Crippen LogP contribution in [-0.4, -0.2) is 44.8 Å². The van der Waals surface area contributed by atoms with Gasteiger partial charge in [-0.15, -0.1) is 0 Å². The molecule has 0 rings (SSSR count). The fourth-order valence-corrected chi connectivity index (χ4v) is 21.3. The van der Waals surface area contributed by atoms with Crippen LogP contribution in [-0.2, 0) is 8.23 Å². The molecule has 0 aliphatic rings. The average Bonchev–Trinajstić information content (AvgIpc) is 2.58. The van der Waals surface area contributed by atoms with Crippen molar-refractivity contribution < 1.29 is 8.23 Å². The molecular formula is C25H60N2O2Si3. The van der Waals surface area contributed by atoms with E-state index in [0.29, 0.717) is 6.54 Å². The van der Waals surface area contributed by atoms with Gasteiger partial charge in [0.15, 0.2) is 16.6 Å². The topological polar surface area (TPSA) is 56.5 Å². The Labute approximate surface area is 205 Å². The molecule has 0 saturated heterocycles. The highest BCUT2D eigenvalue weighted by molar-refractivity contribution is 6.88. The van der Waals surface area contributed by atoms with Gasteiger partial charge < -0.3 is 19.3 Å². The van der Waals surface area contributed by atoms with Gasteiger partial charge in [-0.1, -0.05) is 66.7 Å². The van der Waals surface area contributed by atoms with Crippen LogP contribution in [0.5, 0.6) is 0 Å². The summed E-state index contributed by atoms with van der Waals surface area (Å²) >= 11 is 0. The maximum Gasteiger partial charge on any atom is 0.314 e. The average molecular weight is 505 g/mol. The van der Waals surface area contributed by atoms with Gasteiger partial charge in [0.2, 0.25) is 0 Å². The molecule has 3 atom stereocenters. The molecule has 32 heavy (non-hydrogen) atoms. The lowest BCUT2D eigenvalue weighted by Gasteiger charge is -2.42. The molecule has 0 heterocycles. The van der Waals surface area contributed by atoms with Gasteiger partial charge in [-0.3, -0.25) is 0 Å². The third kappa shape index (κ3) is 17.0. The Morgan fingerprint density at radius 2 is 1.28 bits per heavy atom. The Hall–Kier alpha value is 0.491. The van der Waals surface area contributed by atoms with Gasteiger partial charge in [-0.2, -0.15) is 0 Å². The maximum absolute atomic E-state index is 7.15. The van der Waals surface area contributed by atoms with Crippen LogP contribution in [0.15, 0.2) is 0 Å². The minimum atomic E-state index is -2.23. The quantitative estimate of drug-likeness (QED) is 0.134. The van der Waals surface area contributed by atoms with Gasteiger partial charge in [0.25, 0.3) is 0 Å². The number of nitrogens with two attached hydrogens (primary N) is 1. The second-order valence-corrected chi connectivity index (χ2v) is 24.5. The summed E-state index contributed by atoms with van der Waals surface area (Å²) in [6.45, 7) is 26.5. The van der Waals surface area contributed by atoms with Crippen molar-refractivity contribution in [3.8, 4) is 0 Å². The van der Waals surface area contributed by atoms with Crippen LogP contribution in [0.4, 0.5) is 0 Å². The minimum absolute atomic E-state index is 0.700. The Kier molecular flexibility index (Phi) is 16.5. The molecule has 0 aliphatic heterocycles. The van der Waals surface area contributed by atoms with E-state index >= 15 is 0 Å². The van der Waals surface area contributed by atoms with E-state index in [2.05, 4.69) is 72.7 Å². The molecule has 0 aromatic heterocycles. The van der Waals surface area contributed by atoms with E-state index in [0.717, 1.165) is 43.3 Å². The summed E-state index contributed by atoms with van der Waals surface area (Å²) in [5.41, 5.74) is 5.64. The van der Waals surface area contributed by atoms with Crippen LogP contribution < -0.4 is 11.1 Å². The minimum Gasteiger partial charge on any atom is -0.436 e. The number of hydrogen-bond donors (Lipinski definition) is 2. The molecule has 0 amide bonds. The molecule has 0 fully saturated rings. The van der Waals surface area contributed by atoms with Crippen LogP contribution in [0.2, 0.25) is 50.9 Å². The van der Waals surface area contributed by atoms with E-state index in [1.165, 1.54) is 44.2 Å². The van der Waals surface area contributed by atoms with E-state index in [1.807, 2.05) is 0 Å². The Morgan fingerprint density at radius 1 is 0.750 bits per heavy atom. The normalized spacial score (nSPS) is 16.9. The molecule has 0 aliphatic carbocycles. The van der Waals surface area contributed by atoms with Gasteiger partial charge in [-0.25, -0.2) is 0 Å². The lowest BCUT2D eigenvalue weighted by Crippen LogP contribution is -2.55. The van der Waals surface area contributed by atoms with Crippen molar-refractivity contribution in [2.24, 2.45) is 23.5 Å². The summed E-state index contributed by atoms with van der Waals surface area (Å²) in [7, 11) is -5.79. The van der Waals surface area contributed by atoms with Crippen molar-refractivity contribution >= 4 is 25.2 Å². The summed E-state index contributed by atoms with van der Waals surface area (Å²) in [5.74, 6) is 2.30. The van der Waals surface area contributed by atoms with Crippen molar-refractivity contribution in [3.63, 3.8) is 0 Å². The van der Waals surface area contributed by atoms with Gasteiger partial charge >= 0.3 is 8.56 Å². The molecule has 4 nitrogen and oxygen atoms in total. The second kappa shape index (κ2) is 16.2. The zero-order chi connectivity index (χ0) is 24.8. The number of nitrogens with one attached hydrogen (secondary N) is 1. The Balaban J connectivity index is 5.14. The zero-order valence-corrected chi connectivity index (χ0v) is 26.6. The van der Waals surface area contributed by atoms with Gasteiger partial charge in [0.05, 0.1) is 0 Å². The van der Waals surface area contributed by atoms with E-state index in [9.17, 15) is 0 Å². The lowest BCUT2D eigenvalue weighted by molar-refractivity contribution is 0.362. The molecule has 0 spiro atoms. The highest BCUT2D eigenvalue weighted by Gasteiger charge is 2.43. The molecule has 194 valence electrons. The Morgan fingerprint density at radius 3 is 1.75 bits per heavy atom. The summed E-state index contributed by atoms with van der Waals surface area (Å²) in [6.07, 6.45) is 7.69. The molecule has 3 unspecified atom stereocenters. The van der Waals surface area contributed by atoms with E-state index in [-0.39, 0.29) is 0 Å². The van der Waals surface area contributed by atoms with Crippen molar-refractivity contribution in [2.45, 2.75) is 124 Å². The largest absolute Gasteiger partial charge is 0.436 e. The summed E-state index contributed by atoms with van der Waals surface area (Å²) < 4.78 is 14.3. The van der Waals surface area contributed by atoms with Gasteiger partial charge in [-0.05, 0) is 81.6 Å². The van der Waals surface area contributed by atoms with Crippen molar-refractivity contribution in [2.75, 3.05) is 19.6 Å². The predicted octanol–water partition coefficient (Wildman–Crippen LogP) is 7.34. The summed E-state index contributed by atoms with van der Waals surface area (Å²) in [5, 5.41) is 3.46. The molecule has 0 radical (unpaired) electrons. The highest BCUT2D eigenvalue weighted by atomic mass is 28.5.